The van der Waals surface area contributed by atoms with Crippen molar-refractivity contribution in [2.45, 2.75) is 25.8 Å². The van der Waals surface area contributed by atoms with Crippen LogP contribution >= 0.6 is 0 Å². The van der Waals surface area contributed by atoms with Crippen LogP contribution in [0.1, 0.15) is 24.8 Å². The first-order valence-corrected chi connectivity index (χ1v) is 7.62. The van der Waals surface area contributed by atoms with Gasteiger partial charge in [-0.1, -0.05) is 36.4 Å². The minimum Gasteiger partial charge on any atom is -0.329 e. The van der Waals surface area contributed by atoms with Gasteiger partial charge in [0.25, 0.3) is 0 Å². The third-order valence-electron chi connectivity index (χ3n) is 3.88. The van der Waals surface area contributed by atoms with Crippen LogP contribution in [0.25, 0.3) is 0 Å². The molecule has 1 aromatic rings. The number of nitrogens with two attached hydrogens (primary N) is 1. The molecule has 0 heterocycles. The zero-order chi connectivity index (χ0) is 15.1. The molecule has 0 bridgehead atoms. The van der Waals surface area contributed by atoms with Crippen LogP contribution in [0.2, 0.25) is 0 Å². The van der Waals surface area contributed by atoms with Crippen molar-refractivity contribution < 1.29 is 4.79 Å². The van der Waals surface area contributed by atoms with Crippen LogP contribution < -0.4 is 5.73 Å². The lowest BCUT2D eigenvalue weighted by atomic mass is 10.2. The summed E-state index contributed by atoms with van der Waals surface area (Å²) in [5.41, 5.74) is 8.05. The van der Waals surface area contributed by atoms with Gasteiger partial charge >= 0.3 is 0 Å². The van der Waals surface area contributed by atoms with E-state index >= 15 is 0 Å². The number of hydrogen-bond donors (Lipinski definition) is 1. The average molecular weight is 287 g/mol. The molecular formula is C17H25N3O. The van der Waals surface area contributed by atoms with Gasteiger partial charge in [-0.05, 0) is 24.8 Å². The second-order valence-corrected chi connectivity index (χ2v) is 5.53. The summed E-state index contributed by atoms with van der Waals surface area (Å²) in [6, 6.07) is 10.2. The highest BCUT2D eigenvalue weighted by molar-refractivity contribution is 5.79. The Balaban J connectivity index is 1.93. The fourth-order valence-electron chi connectivity index (χ4n) is 2.65. The summed E-state index contributed by atoms with van der Waals surface area (Å²) >= 11 is 0. The molecule has 0 atom stereocenters. The maximum absolute atomic E-state index is 12.4. The minimum atomic E-state index is 0.146. The third kappa shape index (κ3) is 4.69. The molecule has 21 heavy (non-hydrogen) atoms. The first-order chi connectivity index (χ1) is 10.2. The first kappa shape index (κ1) is 15.7. The molecule has 0 aliphatic heterocycles. The molecule has 1 aliphatic carbocycles. The number of nitrogens with zero attached hydrogens (tertiary/aromatic N) is 2. The smallest absolute Gasteiger partial charge is 0.240 e. The summed E-state index contributed by atoms with van der Waals surface area (Å²) < 4.78 is 0. The van der Waals surface area contributed by atoms with Crippen LogP contribution in [0.4, 0.5) is 0 Å². The summed E-state index contributed by atoms with van der Waals surface area (Å²) in [7, 11) is 1.88. The third-order valence-corrected chi connectivity index (χ3v) is 3.88. The van der Waals surface area contributed by atoms with E-state index in [1.807, 2.05) is 30.1 Å². The Kier molecular flexibility index (Phi) is 5.96. The van der Waals surface area contributed by atoms with E-state index in [2.05, 4.69) is 23.1 Å². The Labute approximate surface area is 127 Å². The van der Waals surface area contributed by atoms with E-state index in [9.17, 15) is 4.79 Å². The molecular weight excluding hydrogens is 262 g/mol. The van der Waals surface area contributed by atoms with E-state index in [1.165, 1.54) is 5.56 Å². The van der Waals surface area contributed by atoms with Crippen molar-refractivity contribution in [3.05, 3.63) is 47.7 Å². The molecule has 1 aliphatic rings. The number of likely N-dealkylation sites (N-methyl/N-ethyl adjacent to an activating group) is 1. The summed E-state index contributed by atoms with van der Waals surface area (Å²) in [6.45, 7) is 2.47. The molecule has 2 rings (SSSR count). The van der Waals surface area contributed by atoms with Gasteiger partial charge in [-0.2, -0.15) is 0 Å². The Morgan fingerprint density at radius 3 is 2.67 bits per heavy atom. The highest BCUT2D eigenvalue weighted by atomic mass is 16.2. The van der Waals surface area contributed by atoms with Crippen LogP contribution in [0, 0.1) is 0 Å². The number of carbonyl (C=O) groups excluding carboxylic acids is 1. The maximum atomic E-state index is 12.4. The van der Waals surface area contributed by atoms with E-state index in [4.69, 9.17) is 5.73 Å². The van der Waals surface area contributed by atoms with Gasteiger partial charge in [0, 0.05) is 32.4 Å². The minimum absolute atomic E-state index is 0.146. The Morgan fingerprint density at radius 2 is 2.05 bits per heavy atom. The number of hydrogen-bond acceptors (Lipinski definition) is 3. The van der Waals surface area contributed by atoms with Crippen LogP contribution in [-0.2, 0) is 11.3 Å². The summed E-state index contributed by atoms with van der Waals surface area (Å²) in [6.07, 6.45) is 5.42. The fourth-order valence-corrected chi connectivity index (χ4v) is 2.65. The molecule has 0 saturated carbocycles. The molecule has 4 nitrogen and oxygen atoms in total. The van der Waals surface area contributed by atoms with Crippen molar-refractivity contribution in [2.75, 3.05) is 26.7 Å². The SMILES string of the molecule is CN(C(=O)CN(CCN)Cc1ccccc1)C1=CCCC1. The van der Waals surface area contributed by atoms with E-state index in [1.54, 1.807) is 0 Å². The second kappa shape index (κ2) is 7.96. The topological polar surface area (TPSA) is 49.6 Å². The Hall–Kier alpha value is -1.65. The average Bonchev–Trinajstić information content (AvgIpc) is 3.02. The highest BCUT2D eigenvalue weighted by Crippen LogP contribution is 2.20. The first-order valence-electron chi connectivity index (χ1n) is 7.62. The quantitative estimate of drug-likeness (QED) is 0.834. The number of allylic oxidation sites excluding steroid dienone is 2. The predicted octanol–water partition coefficient (Wildman–Crippen LogP) is 1.97. The van der Waals surface area contributed by atoms with Crippen molar-refractivity contribution in [1.29, 1.82) is 0 Å². The van der Waals surface area contributed by atoms with Crippen LogP contribution in [0.15, 0.2) is 42.1 Å². The van der Waals surface area contributed by atoms with E-state index in [-0.39, 0.29) is 5.91 Å². The summed E-state index contributed by atoms with van der Waals surface area (Å²) in [4.78, 5) is 16.3. The molecule has 1 aromatic carbocycles. The van der Waals surface area contributed by atoms with Gasteiger partial charge in [-0.15, -0.1) is 0 Å². The van der Waals surface area contributed by atoms with Crippen molar-refractivity contribution in [3.8, 4) is 0 Å². The lowest BCUT2D eigenvalue weighted by Crippen LogP contribution is -2.39. The largest absolute Gasteiger partial charge is 0.329 e. The van der Waals surface area contributed by atoms with Crippen molar-refractivity contribution >= 4 is 5.91 Å². The Morgan fingerprint density at radius 1 is 1.29 bits per heavy atom. The highest BCUT2D eigenvalue weighted by Gasteiger charge is 2.18. The van der Waals surface area contributed by atoms with Gasteiger partial charge in [0.1, 0.15) is 0 Å². The Bertz CT molecular complexity index is 484. The monoisotopic (exact) mass is 287 g/mol. The molecule has 2 N–H and O–H groups in total. The van der Waals surface area contributed by atoms with Gasteiger partial charge < -0.3 is 10.6 Å². The van der Waals surface area contributed by atoms with E-state index in [0.29, 0.717) is 13.1 Å². The number of amides is 1. The zero-order valence-electron chi connectivity index (χ0n) is 12.8. The van der Waals surface area contributed by atoms with E-state index < -0.39 is 0 Å². The zero-order valence-corrected chi connectivity index (χ0v) is 12.8. The molecule has 1 amide bonds. The molecule has 0 radical (unpaired) electrons. The van der Waals surface area contributed by atoms with Gasteiger partial charge in [-0.25, -0.2) is 0 Å². The number of rotatable bonds is 7. The van der Waals surface area contributed by atoms with Crippen LogP contribution in [0.3, 0.4) is 0 Å². The normalized spacial score (nSPS) is 14.3. The standard InChI is InChI=1S/C17H25N3O/c1-19(16-9-5-6-10-16)17(21)14-20(12-11-18)13-15-7-3-2-4-8-15/h2-4,7-9H,5-6,10-14,18H2,1H3. The van der Waals surface area contributed by atoms with Crippen molar-refractivity contribution in [3.63, 3.8) is 0 Å². The molecule has 0 saturated heterocycles. The van der Waals surface area contributed by atoms with Gasteiger partial charge in [-0.3, -0.25) is 9.69 Å². The summed E-state index contributed by atoms with van der Waals surface area (Å²) in [5.74, 6) is 0.146. The van der Waals surface area contributed by atoms with Gasteiger partial charge in [0.15, 0.2) is 0 Å². The fraction of sp³-hybridized carbons (Fsp3) is 0.471. The molecule has 0 aromatic heterocycles. The predicted molar refractivity (Wildman–Crippen MR) is 85.5 cm³/mol. The number of benzene rings is 1. The maximum Gasteiger partial charge on any atom is 0.240 e. The van der Waals surface area contributed by atoms with Crippen LogP contribution in [0.5, 0.6) is 0 Å². The molecule has 0 unspecified atom stereocenters. The van der Waals surface area contributed by atoms with Crippen molar-refractivity contribution in [1.82, 2.24) is 9.80 Å². The van der Waals surface area contributed by atoms with Gasteiger partial charge in [0.05, 0.1) is 6.54 Å². The molecule has 0 fully saturated rings. The molecule has 4 heteroatoms. The van der Waals surface area contributed by atoms with Gasteiger partial charge in [0.2, 0.25) is 5.91 Å². The second-order valence-electron chi connectivity index (χ2n) is 5.53. The van der Waals surface area contributed by atoms with E-state index in [0.717, 1.165) is 38.0 Å². The lowest BCUT2D eigenvalue weighted by molar-refractivity contribution is -0.129. The number of carbonyl (C=O) groups is 1. The summed E-state index contributed by atoms with van der Waals surface area (Å²) in [5, 5.41) is 0. The molecule has 0 spiro atoms. The molecule has 114 valence electrons. The lowest BCUT2D eigenvalue weighted by Gasteiger charge is -2.25. The van der Waals surface area contributed by atoms with Crippen LogP contribution in [-0.4, -0.2) is 42.4 Å². The van der Waals surface area contributed by atoms with Crippen molar-refractivity contribution in [2.24, 2.45) is 5.73 Å².